The molecule has 0 amide bonds. The first-order valence-corrected chi connectivity index (χ1v) is 7.27. The van der Waals surface area contributed by atoms with Crippen molar-refractivity contribution in [2.45, 2.75) is 13.0 Å². The van der Waals surface area contributed by atoms with Gasteiger partial charge in [-0.25, -0.2) is 0 Å². The number of ether oxygens (including phenoxy) is 1. The predicted octanol–water partition coefficient (Wildman–Crippen LogP) is 0.527. The molecule has 2 aromatic heterocycles. The van der Waals surface area contributed by atoms with Gasteiger partial charge in [0, 0.05) is 26.7 Å². The SMILES string of the molecule is CCN1CCOC(CNc2nc(NC)nc3[nH]ncc23)C1. The molecule has 2 aromatic rings. The number of aromatic nitrogens is 4. The van der Waals surface area contributed by atoms with E-state index in [2.05, 4.69) is 42.6 Å². The van der Waals surface area contributed by atoms with Gasteiger partial charge in [-0.1, -0.05) is 6.92 Å². The molecular weight excluding hydrogens is 270 g/mol. The smallest absolute Gasteiger partial charge is 0.226 e. The molecule has 0 saturated carbocycles. The summed E-state index contributed by atoms with van der Waals surface area (Å²) in [5, 5.41) is 14.1. The highest BCUT2D eigenvalue weighted by molar-refractivity contribution is 5.86. The standard InChI is InChI=1S/C13H21N7O/c1-3-20-4-5-21-9(8-20)6-15-11-10-7-16-19-12(10)18-13(14-2)17-11/h7,9H,3-6,8H2,1-2H3,(H3,14,15,16,17,18,19). The Hall–Kier alpha value is -1.93. The summed E-state index contributed by atoms with van der Waals surface area (Å²) in [6.45, 7) is 6.69. The van der Waals surface area contributed by atoms with Gasteiger partial charge in [-0.15, -0.1) is 0 Å². The van der Waals surface area contributed by atoms with Crippen LogP contribution in [0.25, 0.3) is 11.0 Å². The van der Waals surface area contributed by atoms with Crippen LogP contribution in [0, 0.1) is 0 Å². The molecule has 1 aliphatic heterocycles. The lowest BCUT2D eigenvalue weighted by Gasteiger charge is -2.32. The Morgan fingerprint density at radius 1 is 1.48 bits per heavy atom. The maximum Gasteiger partial charge on any atom is 0.226 e. The Balaban J connectivity index is 1.71. The molecule has 1 unspecified atom stereocenters. The molecule has 21 heavy (non-hydrogen) atoms. The van der Waals surface area contributed by atoms with Crippen molar-refractivity contribution in [1.29, 1.82) is 0 Å². The number of fused-ring (bicyclic) bond motifs is 1. The predicted molar refractivity (Wildman–Crippen MR) is 81.6 cm³/mol. The van der Waals surface area contributed by atoms with E-state index in [0.717, 1.165) is 49.6 Å². The van der Waals surface area contributed by atoms with Gasteiger partial charge in [-0.05, 0) is 6.54 Å². The van der Waals surface area contributed by atoms with Gasteiger partial charge in [0.1, 0.15) is 5.82 Å². The Morgan fingerprint density at radius 3 is 3.19 bits per heavy atom. The summed E-state index contributed by atoms with van der Waals surface area (Å²) in [6, 6.07) is 0. The van der Waals surface area contributed by atoms with Crippen LogP contribution in [0.15, 0.2) is 6.20 Å². The van der Waals surface area contributed by atoms with E-state index in [0.29, 0.717) is 5.95 Å². The number of nitrogens with one attached hydrogen (secondary N) is 3. The minimum absolute atomic E-state index is 0.175. The monoisotopic (exact) mass is 291 g/mol. The van der Waals surface area contributed by atoms with Gasteiger partial charge in [-0.3, -0.25) is 10.00 Å². The van der Waals surface area contributed by atoms with Crippen LogP contribution < -0.4 is 10.6 Å². The van der Waals surface area contributed by atoms with Gasteiger partial charge in [0.05, 0.1) is 24.3 Å². The summed E-state index contributed by atoms with van der Waals surface area (Å²) in [7, 11) is 1.80. The van der Waals surface area contributed by atoms with Crippen molar-refractivity contribution in [3.05, 3.63) is 6.20 Å². The molecule has 1 aliphatic rings. The minimum Gasteiger partial charge on any atom is -0.374 e. The molecule has 1 atom stereocenters. The van der Waals surface area contributed by atoms with Crippen LogP contribution in [0.4, 0.5) is 11.8 Å². The van der Waals surface area contributed by atoms with Crippen molar-refractivity contribution in [2.75, 3.05) is 50.5 Å². The fourth-order valence-electron chi connectivity index (χ4n) is 2.48. The Bertz CT molecular complexity index is 599. The van der Waals surface area contributed by atoms with E-state index in [1.165, 1.54) is 0 Å². The molecule has 114 valence electrons. The fraction of sp³-hybridized carbons (Fsp3) is 0.615. The van der Waals surface area contributed by atoms with Crippen LogP contribution in [0.2, 0.25) is 0 Å². The van der Waals surface area contributed by atoms with E-state index >= 15 is 0 Å². The number of likely N-dealkylation sites (N-methyl/N-ethyl adjacent to an activating group) is 1. The maximum atomic E-state index is 5.80. The summed E-state index contributed by atoms with van der Waals surface area (Å²) < 4.78 is 5.80. The second kappa shape index (κ2) is 6.23. The molecule has 8 nitrogen and oxygen atoms in total. The van der Waals surface area contributed by atoms with Crippen molar-refractivity contribution >= 4 is 22.8 Å². The Kier molecular flexibility index (Phi) is 4.16. The lowest BCUT2D eigenvalue weighted by Crippen LogP contribution is -2.45. The summed E-state index contributed by atoms with van der Waals surface area (Å²) >= 11 is 0. The first kappa shape index (κ1) is 14.0. The zero-order chi connectivity index (χ0) is 14.7. The Labute approximate surface area is 123 Å². The van der Waals surface area contributed by atoms with Crippen LogP contribution >= 0.6 is 0 Å². The quantitative estimate of drug-likeness (QED) is 0.740. The normalized spacial score (nSPS) is 19.8. The lowest BCUT2D eigenvalue weighted by atomic mass is 10.2. The number of hydrogen-bond donors (Lipinski definition) is 3. The number of hydrogen-bond acceptors (Lipinski definition) is 7. The number of nitrogens with zero attached hydrogens (tertiary/aromatic N) is 4. The van der Waals surface area contributed by atoms with Gasteiger partial charge in [0.15, 0.2) is 5.65 Å². The third kappa shape index (κ3) is 3.06. The maximum absolute atomic E-state index is 5.80. The zero-order valence-corrected chi connectivity index (χ0v) is 12.4. The van der Waals surface area contributed by atoms with E-state index in [1.54, 1.807) is 13.2 Å². The van der Waals surface area contributed by atoms with Crippen molar-refractivity contribution in [1.82, 2.24) is 25.1 Å². The summed E-state index contributed by atoms with van der Waals surface area (Å²) in [5.41, 5.74) is 0.719. The van der Waals surface area contributed by atoms with Gasteiger partial charge in [-0.2, -0.15) is 15.1 Å². The summed E-state index contributed by atoms with van der Waals surface area (Å²) in [6.07, 6.45) is 1.91. The van der Waals surface area contributed by atoms with E-state index in [-0.39, 0.29) is 6.10 Å². The molecule has 1 fully saturated rings. The second-order valence-electron chi connectivity index (χ2n) is 5.05. The van der Waals surface area contributed by atoms with E-state index in [4.69, 9.17) is 4.74 Å². The molecule has 1 saturated heterocycles. The van der Waals surface area contributed by atoms with Crippen molar-refractivity contribution in [2.24, 2.45) is 0 Å². The van der Waals surface area contributed by atoms with E-state index in [9.17, 15) is 0 Å². The molecule has 0 aliphatic carbocycles. The molecule has 0 bridgehead atoms. The largest absolute Gasteiger partial charge is 0.374 e. The van der Waals surface area contributed by atoms with Crippen molar-refractivity contribution < 1.29 is 4.74 Å². The topological polar surface area (TPSA) is 91.0 Å². The third-order valence-corrected chi connectivity index (χ3v) is 3.70. The van der Waals surface area contributed by atoms with Crippen molar-refractivity contribution in [3.8, 4) is 0 Å². The van der Waals surface area contributed by atoms with Gasteiger partial charge >= 0.3 is 0 Å². The van der Waals surface area contributed by atoms with E-state index in [1.807, 2.05) is 0 Å². The Morgan fingerprint density at radius 2 is 2.38 bits per heavy atom. The van der Waals surface area contributed by atoms with Gasteiger partial charge in [0.25, 0.3) is 0 Å². The summed E-state index contributed by atoms with van der Waals surface area (Å²) in [5.74, 6) is 1.34. The average Bonchev–Trinajstić information content (AvgIpc) is 3.01. The highest BCUT2D eigenvalue weighted by Crippen LogP contribution is 2.20. The highest BCUT2D eigenvalue weighted by Gasteiger charge is 2.19. The number of rotatable bonds is 5. The van der Waals surface area contributed by atoms with Crippen LogP contribution in [-0.2, 0) is 4.74 Å². The molecule has 3 N–H and O–H groups in total. The molecule has 3 heterocycles. The molecule has 0 aromatic carbocycles. The number of morpholine rings is 1. The molecular formula is C13H21N7O. The van der Waals surface area contributed by atoms with E-state index < -0.39 is 0 Å². The highest BCUT2D eigenvalue weighted by atomic mass is 16.5. The van der Waals surface area contributed by atoms with Crippen LogP contribution in [-0.4, -0.2) is 71.0 Å². The minimum atomic E-state index is 0.175. The second-order valence-corrected chi connectivity index (χ2v) is 5.05. The number of H-pyrrole nitrogens is 1. The number of anilines is 2. The summed E-state index contributed by atoms with van der Waals surface area (Å²) in [4.78, 5) is 11.2. The fourth-order valence-corrected chi connectivity index (χ4v) is 2.48. The first-order chi connectivity index (χ1) is 10.3. The van der Waals surface area contributed by atoms with Crippen LogP contribution in [0.1, 0.15) is 6.92 Å². The molecule has 3 rings (SSSR count). The molecule has 0 spiro atoms. The first-order valence-electron chi connectivity index (χ1n) is 7.27. The van der Waals surface area contributed by atoms with Crippen LogP contribution in [0.3, 0.4) is 0 Å². The molecule has 8 heteroatoms. The lowest BCUT2D eigenvalue weighted by molar-refractivity contribution is -0.0192. The van der Waals surface area contributed by atoms with Crippen LogP contribution in [0.5, 0.6) is 0 Å². The third-order valence-electron chi connectivity index (χ3n) is 3.70. The molecule has 0 radical (unpaired) electrons. The van der Waals surface area contributed by atoms with Crippen molar-refractivity contribution in [3.63, 3.8) is 0 Å². The average molecular weight is 291 g/mol. The number of aromatic amines is 1. The van der Waals surface area contributed by atoms with Gasteiger partial charge < -0.3 is 15.4 Å². The zero-order valence-electron chi connectivity index (χ0n) is 12.4. The van der Waals surface area contributed by atoms with Gasteiger partial charge in [0.2, 0.25) is 5.95 Å².